The van der Waals surface area contributed by atoms with E-state index in [9.17, 15) is 4.79 Å². The van der Waals surface area contributed by atoms with E-state index in [4.69, 9.17) is 5.73 Å². The lowest BCUT2D eigenvalue weighted by atomic mass is 10.1. The molecule has 1 saturated heterocycles. The highest BCUT2D eigenvalue weighted by Gasteiger charge is 2.21. The van der Waals surface area contributed by atoms with Crippen LogP contribution in [0.4, 0.5) is 5.69 Å². The summed E-state index contributed by atoms with van der Waals surface area (Å²) in [6.07, 6.45) is 2.42. The smallest absolute Gasteiger partial charge is 0.273 e. The molecule has 100 valence electrons. The van der Waals surface area contributed by atoms with E-state index in [1.165, 1.54) is 18.6 Å². The number of thioether (sulfide) groups is 1. The number of H-pyrrole nitrogens is 1. The second-order valence-electron chi connectivity index (χ2n) is 4.90. The summed E-state index contributed by atoms with van der Waals surface area (Å²) >= 11 is 1.92. The van der Waals surface area contributed by atoms with Crippen LogP contribution < -0.4 is 11.1 Å². The van der Waals surface area contributed by atoms with Gasteiger partial charge in [0.2, 0.25) is 0 Å². The number of nitrogen functional groups attached to an aromatic ring is 1. The molecular formula is C12H20N4OS. The van der Waals surface area contributed by atoms with Crippen molar-refractivity contribution in [2.24, 2.45) is 0 Å². The number of amides is 1. The first-order valence-corrected chi connectivity index (χ1v) is 7.38. The van der Waals surface area contributed by atoms with Gasteiger partial charge in [-0.15, -0.1) is 0 Å². The molecule has 1 aromatic rings. The molecule has 0 aliphatic carbocycles. The zero-order valence-corrected chi connectivity index (χ0v) is 11.6. The van der Waals surface area contributed by atoms with Crippen LogP contribution in [0.15, 0.2) is 0 Å². The third kappa shape index (κ3) is 2.80. The summed E-state index contributed by atoms with van der Waals surface area (Å²) in [5, 5.41) is 10.3. The number of carbonyl (C=O) groups excluding carboxylic acids is 1. The van der Waals surface area contributed by atoms with Crippen molar-refractivity contribution in [1.82, 2.24) is 15.5 Å². The molecule has 1 aliphatic rings. The molecule has 1 fully saturated rings. The molecule has 1 amide bonds. The Morgan fingerprint density at radius 2 is 2.44 bits per heavy atom. The maximum atomic E-state index is 12.0. The van der Waals surface area contributed by atoms with E-state index >= 15 is 0 Å². The minimum Gasteiger partial charge on any atom is -0.395 e. The molecule has 1 unspecified atom stereocenters. The highest BCUT2D eigenvalue weighted by Crippen LogP contribution is 2.26. The normalized spacial score (nSPS) is 19.4. The van der Waals surface area contributed by atoms with Crippen molar-refractivity contribution >= 4 is 23.4 Å². The van der Waals surface area contributed by atoms with E-state index in [-0.39, 0.29) is 11.8 Å². The van der Waals surface area contributed by atoms with Crippen LogP contribution in [-0.4, -0.2) is 33.7 Å². The van der Waals surface area contributed by atoms with Crippen LogP contribution in [0.1, 0.15) is 48.8 Å². The molecule has 2 heterocycles. The quantitative estimate of drug-likeness (QED) is 0.776. The maximum absolute atomic E-state index is 12.0. The highest BCUT2D eigenvalue weighted by molar-refractivity contribution is 8.00. The van der Waals surface area contributed by atoms with Crippen LogP contribution in [0.3, 0.4) is 0 Å². The van der Waals surface area contributed by atoms with Gasteiger partial charge in [0.15, 0.2) is 5.69 Å². The minimum atomic E-state index is -0.178. The van der Waals surface area contributed by atoms with Crippen molar-refractivity contribution in [2.45, 2.75) is 37.9 Å². The average Bonchev–Trinajstić information content (AvgIpc) is 2.94. The van der Waals surface area contributed by atoms with Crippen LogP contribution in [0.25, 0.3) is 0 Å². The van der Waals surface area contributed by atoms with Crippen LogP contribution in [0.2, 0.25) is 0 Å². The lowest BCUT2D eigenvalue weighted by Crippen LogP contribution is -2.30. The predicted molar refractivity (Wildman–Crippen MR) is 74.9 cm³/mol. The van der Waals surface area contributed by atoms with Crippen molar-refractivity contribution in [3.63, 3.8) is 0 Å². The maximum Gasteiger partial charge on any atom is 0.273 e. The van der Waals surface area contributed by atoms with Gasteiger partial charge >= 0.3 is 0 Å². The number of nitrogens with zero attached hydrogens (tertiary/aromatic N) is 1. The molecule has 1 aliphatic heterocycles. The molecule has 1 atom stereocenters. The van der Waals surface area contributed by atoms with Gasteiger partial charge in [-0.1, -0.05) is 13.8 Å². The number of hydrogen-bond acceptors (Lipinski definition) is 4. The van der Waals surface area contributed by atoms with Gasteiger partial charge in [-0.05, 0) is 24.5 Å². The number of hydrogen-bond donors (Lipinski definition) is 3. The summed E-state index contributed by atoms with van der Waals surface area (Å²) in [6.45, 7) is 4.73. The molecule has 18 heavy (non-hydrogen) atoms. The first-order chi connectivity index (χ1) is 8.59. The van der Waals surface area contributed by atoms with E-state index in [1.807, 2.05) is 25.6 Å². The number of nitrogens with one attached hydrogen (secondary N) is 2. The van der Waals surface area contributed by atoms with Gasteiger partial charge in [-0.25, -0.2) is 0 Å². The zero-order valence-electron chi connectivity index (χ0n) is 10.8. The van der Waals surface area contributed by atoms with Gasteiger partial charge < -0.3 is 11.1 Å². The SMILES string of the molecule is CC(C)c1[nH]nc(C(=O)NCC2CCCS2)c1N. The van der Waals surface area contributed by atoms with E-state index in [0.29, 0.717) is 23.2 Å². The predicted octanol–water partition coefficient (Wildman–Crippen LogP) is 1.74. The Labute approximate surface area is 111 Å². The van der Waals surface area contributed by atoms with Crippen molar-refractivity contribution in [1.29, 1.82) is 0 Å². The number of nitrogens with two attached hydrogens (primary N) is 1. The van der Waals surface area contributed by atoms with Crippen molar-refractivity contribution in [3.05, 3.63) is 11.4 Å². The lowest BCUT2D eigenvalue weighted by Gasteiger charge is -2.09. The van der Waals surface area contributed by atoms with Crippen molar-refractivity contribution < 1.29 is 4.79 Å². The molecule has 4 N–H and O–H groups in total. The summed E-state index contributed by atoms with van der Waals surface area (Å²) in [7, 11) is 0. The van der Waals surface area contributed by atoms with E-state index in [1.54, 1.807) is 0 Å². The molecule has 1 aromatic heterocycles. The van der Waals surface area contributed by atoms with E-state index in [0.717, 1.165) is 5.69 Å². The molecule has 2 rings (SSSR count). The summed E-state index contributed by atoms with van der Waals surface area (Å²) in [5.74, 6) is 1.26. The van der Waals surface area contributed by atoms with Crippen LogP contribution in [-0.2, 0) is 0 Å². The highest BCUT2D eigenvalue weighted by atomic mass is 32.2. The third-order valence-electron chi connectivity index (χ3n) is 3.14. The topological polar surface area (TPSA) is 83.8 Å². The van der Waals surface area contributed by atoms with Gasteiger partial charge in [-0.3, -0.25) is 9.89 Å². The summed E-state index contributed by atoms with van der Waals surface area (Å²) in [5.41, 5.74) is 7.55. The molecule has 0 saturated carbocycles. The molecule has 0 bridgehead atoms. The number of aromatic nitrogens is 2. The van der Waals surface area contributed by atoms with Gasteiger partial charge in [0.1, 0.15) is 0 Å². The zero-order chi connectivity index (χ0) is 13.1. The molecular weight excluding hydrogens is 248 g/mol. The number of aromatic amines is 1. The average molecular weight is 268 g/mol. The van der Waals surface area contributed by atoms with Gasteiger partial charge in [0, 0.05) is 11.8 Å². The molecule has 5 nitrogen and oxygen atoms in total. The van der Waals surface area contributed by atoms with Gasteiger partial charge in [-0.2, -0.15) is 16.9 Å². The van der Waals surface area contributed by atoms with Crippen LogP contribution in [0, 0.1) is 0 Å². The number of carbonyl (C=O) groups is 1. The van der Waals surface area contributed by atoms with Gasteiger partial charge in [0.05, 0.1) is 11.4 Å². The van der Waals surface area contributed by atoms with Crippen LogP contribution >= 0.6 is 11.8 Å². The first-order valence-electron chi connectivity index (χ1n) is 6.33. The summed E-state index contributed by atoms with van der Waals surface area (Å²) in [6, 6.07) is 0. The monoisotopic (exact) mass is 268 g/mol. The van der Waals surface area contributed by atoms with E-state index in [2.05, 4.69) is 15.5 Å². The Hall–Kier alpha value is -1.17. The molecule has 0 radical (unpaired) electrons. The van der Waals surface area contributed by atoms with E-state index < -0.39 is 0 Å². The summed E-state index contributed by atoms with van der Waals surface area (Å²) < 4.78 is 0. The molecule has 0 spiro atoms. The largest absolute Gasteiger partial charge is 0.395 e. The second kappa shape index (κ2) is 5.65. The standard InChI is InChI=1S/C12H20N4OS/c1-7(2)10-9(13)11(16-15-10)12(17)14-6-8-4-3-5-18-8/h7-8H,3-6,13H2,1-2H3,(H,14,17)(H,15,16). The second-order valence-corrected chi connectivity index (χ2v) is 6.31. The third-order valence-corrected chi connectivity index (χ3v) is 4.54. The Morgan fingerprint density at radius 3 is 3.00 bits per heavy atom. The van der Waals surface area contributed by atoms with Crippen LogP contribution in [0.5, 0.6) is 0 Å². The lowest BCUT2D eigenvalue weighted by molar-refractivity contribution is 0.0949. The Kier molecular flexibility index (Phi) is 4.16. The Bertz CT molecular complexity index is 424. The Balaban J connectivity index is 1.96. The fraction of sp³-hybridized carbons (Fsp3) is 0.667. The van der Waals surface area contributed by atoms with Crippen molar-refractivity contribution in [2.75, 3.05) is 18.0 Å². The Morgan fingerprint density at radius 1 is 1.67 bits per heavy atom. The van der Waals surface area contributed by atoms with Crippen molar-refractivity contribution in [3.8, 4) is 0 Å². The number of anilines is 1. The fourth-order valence-corrected chi connectivity index (χ4v) is 3.27. The molecule has 0 aromatic carbocycles. The summed E-state index contributed by atoms with van der Waals surface area (Å²) in [4.78, 5) is 12.0. The van der Waals surface area contributed by atoms with Gasteiger partial charge in [0.25, 0.3) is 5.91 Å². The minimum absolute atomic E-state index is 0.178. The first kappa shape index (κ1) is 13.3. The fourth-order valence-electron chi connectivity index (χ4n) is 2.07. The number of rotatable bonds is 4. The molecule has 6 heteroatoms.